The summed E-state index contributed by atoms with van der Waals surface area (Å²) in [5.41, 5.74) is 2.22. The van der Waals surface area contributed by atoms with Crippen molar-refractivity contribution in [3.05, 3.63) is 29.3 Å². The van der Waals surface area contributed by atoms with Crippen molar-refractivity contribution in [3.8, 4) is 0 Å². The van der Waals surface area contributed by atoms with Crippen molar-refractivity contribution in [2.24, 2.45) is 0 Å². The van der Waals surface area contributed by atoms with Crippen LogP contribution in [0.15, 0.2) is 18.2 Å². The molecule has 0 bridgehead atoms. The molecule has 118 valence electrons. The van der Waals surface area contributed by atoms with Gasteiger partial charge in [-0.1, -0.05) is 19.1 Å². The Balaban J connectivity index is 2.25. The van der Waals surface area contributed by atoms with Crippen LogP contribution in [0.5, 0.6) is 0 Å². The number of benzene rings is 1. The maximum absolute atomic E-state index is 12.7. The van der Waals surface area contributed by atoms with Crippen LogP contribution in [0.1, 0.15) is 37.4 Å². The summed E-state index contributed by atoms with van der Waals surface area (Å²) in [4.78, 5) is 0. The average Bonchev–Trinajstić information content (AvgIpc) is 2.87. The summed E-state index contributed by atoms with van der Waals surface area (Å²) >= 11 is 0. The zero-order valence-corrected chi connectivity index (χ0v) is 13.0. The van der Waals surface area contributed by atoms with Gasteiger partial charge in [0.05, 0.1) is 5.69 Å². The Labute approximate surface area is 124 Å². The molecule has 0 radical (unpaired) electrons. The van der Waals surface area contributed by atoms with Gasteiger partial charge in [-0.15, -0.1) is 0 Å². The maximum atomic E-state index is 12.7. The minimum atomic E-state index is -4.55. The molecule has 0 saturated carbocycles. The Morgan fingerprint density at radius 2 is 2.10 bits per heavy atom. The molecule has 1 aromatic rings. The van der Waals surface area contributed by atoms with Crippen LogP contribution in [0, 0.1) is 0 Å². The molecule has 1 atom stereocenters. The van der Waals surface area contributed by atoms with E-state index in [2.05, 4.69) is 12.2 Å². The average molecular weight is 318 g/mol. The van der Waals surface area contributed by atoms with Crippen LogP contribution in [-0.2, 0) is 16.4 Å². The third-order valence-electron chi connectivity index (χ3n) is 3.69. The van der Waals surface area contributed by atoms with Crippen LogP contribution < -0.4 is 9.62 Å². The molecule has 1 aliphatic rings. The van der Waals surface area contributed by atoms with Gasteiger partial charge < -0.3 is 5.32 Å². The number of rotatable bonds is 6. The van der Waals surface area contributed by atoms with E-state index in [1.54, 1.807) is 12.1 Å². The van der Waals surface area contributed by atoms with E-state index in [4.69, 9.17) is 0 Å². The Hall–Kier alpha value is -1.21. The van der Waals surface area contributed by atoms with Crippen molar-refractivity contribution in [2.75, 3.05) is 17.4 Å². The van der Waals surface area contributed by atoms with Gasteiger partial charge in [-0.05, 0) is 43.5 Å². The first-order valence-electron chi connectivity index (χ1n) is 7.03. The topological polar surface area (TPSA) is 49.4 Å². The number of hydrogen-bond donors (Lipinski definition) is 1. The molecule has 0 aliphatic carbocycles. The lowest BCUT2D eigenvalue weighted by atomic mass is 10.0. The fourth-order valence-electron chi connectivity index (χ4n) is 2.50. The number of alkyl halides is 2. The number of hydrogen-bond acceptors (Lipinski definition) is 3. The van der Waals surface area contributed by atoms with Crippen LogP contribution in [-0.4, -0.2) is 27.3 Å². The first-order valence-corrected chi connectivity index (χ1v) is 8.54. The number of fused-ring (bicyclic) bond motifs is 1. The van der Waals surface area contributed by atoms with Crippen LogP contribution in [0.4, 0.5) is 14.5 Å². The highest BCUT2D eigenvalue weighted by atomic mass is 32.2. The first kappa shape index (κ1) is 16.2. The molecule has 0 spiro atoms. The van der Waals surface area contributed by atoms with Crippen LogP contribution >= 0.6 is 0 Å². The fourth-order valence-corrected chi connectivity index (χ4v) is 3.49. The second kappa shape index (κ2) is 6.27. The normalized spacial score (nSPS) is 16.3. The highest BCUT2D eigenvalue weighted by Gasteiger charge is 2.36. The minimum Gasteiger partial charge on any atom is -0.310 e. The zero-order valence-electron chi connectivity index (χ0n) is 12.1. The molecule has 0 aromatic heterocycles. The van der Waals surface area contributed by atoms with Crippen LogP contribution in [0.3, 0.4) is 0 Å². The maximum Gasteiger partial charge on any atom is 0.355 e. The predicted molar refractivity (Wildman–Crippen MR) is 79.1 cm³/mol. The molecular weight excluding hydrogens is 298 g/mol. The Kier molecular flexibility index (Phi) is 4.83. The van der Waals surface area contributed by atoms with E-state index in [1.165, 1.54) is 0 Å². The summed E-state index contributed by atoms with van der Waals surface area (Å²) in [6, 6.07) is 5.48. The fraction of sp³-hybridized carbons (Fsp3) is 0.571. The van der Waals surface area contributed by atoms with E-state index in [9.17, 15) is 17.2 Å². The minimum absolute atomic E-state index is 0.0855. The Morgan fingerprint density at radius 1 is 1.38 bits per heavy atom. The van der Waals surface area contributed by atoms with Crippen molar-refractivity contribution >= 4 is 15.7 Å². The van der Waals surface area contributed by atoms with Crippen molar-refractivity contribution < 1.29 is 17.2 Å². The molecule has 0 fully saturated rings. The van der Waals surface area contributed by atoms with Gasteiger partial charge in [-0.25, -0.2) is 8.42 Å². The Bertz CT molecular complexity index is 605. The van der Waals surface area contributed by atoms with Gasteiger partial charge in [0.25, 0.3) is 10.0 Å². The van der Waals surface area contributed by atoms with Crippen molar-refractivity contribution in [1.82, 2.24) is 5.32 Å². The zero-order chi connectivity index (χ0) is 15.6. The van der Waals surface area contributed by atoms with E-state index in [1.807, 2.05) is 13.0 Å². The lowest BCUT2D eigenvalue weighted by Gasteiger charge is -2.20. The van der Waals surface area contributed by atoms with Gasteiger partial charge in [0, 0.05) is 12.6 Å². The van der Waals surface area contributed by atoms with Crippen molar-refractivity contribution in [2.45, 2.75) is 38.5 Å². The molecule has 7 heteroatoms. The van der Waals surface area contributed by atoms with Gasteiger partial charge in [0.2, 0.25) is 0 Å². The lowest BCUT2D eigenvalue weighted by Crippen LogP contribution is -2.33. The largest absolute Gasteiger partial charge is 0.355 e. The number of anilines is 1. The molecule has 21 heavy (non-hydrogen) atoms. The molecular formula is C14H20F2N2O2S. The molecule has 1 N–H and O–H groups in total. The quantitative estimate of drug-likeness (QED) is 0.877. The number of sulfonamides is 1. The van der Waals surface area contributed by atoms with Gasteiger partial charge in [-0.3, -0.25) is 4.31 Å². The summed E-state index contributed by atoms with van der Waals surface area (Å²) in [5, 5.41) is 3.35. The van der Waals surface area contributed by atoms with Gasteiger partial charge in [0.15, 0.2) is 0 Å². The lowest BCUT2D eigenvalue weighted by molar-refractivity contribution is 0.234. The second-order valence-electron chi connectivity index (χ2n) is 5.19. The Morgan fingerprint density at radius 3 is 2.71 bits per heavy atom. The standard InChI is InChI=1S/C14H20F2N2O2S/c1-3-7-17-10(2)11-4-5-13-12(9-11)6-8-18(13)21(19,20)14(15)16/h4-5,9-10,14,17H,3,6-8H2,1-2H3. The third kappa shape index (κ3) is 3.18. The number of halogens is 2. The van der Waals surface area contributed by atoms with E-state index >= 15 is 0 Å². The molecule has 4 nitrogen and oxygen atoms in total. The monoisotopic (exact) mass is 318 g/mol. The molecule has 1 heterocycles. The summed E-state index contributed by atoms with van der Waals surface area (Å²) in [6.45, 7) is 5.09. The van der Waals surface area contributed by atoms with Gasteiger partial charge in [0.1, 0.15) is 0 Å². The first-order chi connectivity index (χ1) is 9.87. The summed E-state index contributed by atoms with van der Waals surface area (Å²) in [7, 11) is -4.55. The SMILES string of the molecule is CCCNC(C)c1ccc2c(c1)CCN2S(=O)(=O)C(F)F. The molecule has 1 unspecified atom stereocenters. The number of nitrogens with one attached hydrogen (secondary N) is 1. The highest BCUT2D eigenvalue weighted by molar-refractivity contribution is 7.93. The van der Waals surface area contributed by atoms with E-state index < -0.39 is 15.8 Å². The van der Waals surface area contributed by atoms with E-state index in [0.717, 1.165) is 28.4 Å². The summed E-state index contributed by atoms with van der Waals surface area (Å²) < 4.78 is 49.4. The summed E-state index contributed by atoms with van der Waals surface area (Å²) in [6.07, 6.45) is 1.49. The number of nitrogens with zero attached hydrogens (tertiary/aromatic N) is 1. The predicted octanol–water partition coefficient (Wildman–Crippen LogP) is 2.66. The van der Waals surface area contributed by atoms with Crippen LogP contribution in [0.2, 0.25) is 0 Å². The second-order valence-corrected chi connectivity index (χ2v) is 7.02. The molecule has 1 aromatic carbocycles. The third-order valence-corrected chi connectivity index (χ3v) is 5.13. The highest BCUT2D eigenvalue weighted by Crippen LogP contribution is 2.34. The van der Waals surface area contributed by atoms with Crippen LogP contribution in [0.25, 0.3) is 0 Å². The molecule has 0 amide bonds. The molecule has 0 saturated heterocycles. The van der Waals surface area contributed by atoms with E-state index in [-0.39, 0.29) is 12.6 Å². The van der Waals surface area contributed by atoms with Gasteiger partial charge in [-0.2, -0.15) is 8.78 Å². The molecule has 2 rings (SSSR count). The smallest absolute Gasteiger partial charge is 0.310 e. The van der Waals surface area contributed by atoms with Gasteiger partial charge >= 0.3 is 5.76 Å². The van der Waals surface area contributed by atoms with Crippen molar-refractivity contribution in [1.29, 1.82) is 0 Å². The molecule has 1 aliphatic heterocycles. The summed E-state index contributed by atoms with van der Waals surface area (Å²) in [5.74, 6) is -3.38. The van der Waals surface area contributed by atoms with Crippen molar-refractivity contribution in [3.63, 3.8) is 0 Å². The van der Waals surface area contributed by atoms with E-state index in [0.29, 0.717) is 12.1 Å².